The van der Waals surface area contributed by atoms with Gasteiger partial charge < -0.3 is 10.1 Å². The molecule has 2 aromatic carbocycles. The highest BCUT2D eigenvalue weighted by atomic mass is 28.3. The van der Waals surface area contributed by atoms with Gasteiger partial charge in [-0.05, 0) is 38.1 Å². The molecule has 0 unspecified atom stereocenters. The highest BCUT2D eigenvalue weighted by Crippen LogP contribution is 2.19. The molecular weight excluding hydrogens is 437 g/mol. The van der Waals surface area contributed by atoms with E-state index in [1.54, 1.807) is 26.0 Å². The molecule has 0 aliphatic rings. The zero-order valence-corrected chi connectivity index (χ0v) is 22.4. The van der Waals surface area contributed by atoms with Crippen LogP contribution in [0.3, 0.4) is 0 Å². The lowest BCUT2D eigenvalue weighted by atomic mass is 10.1. The first-order chi connectivity index (χ1) is 14.7. The molecule has 0 aliphatic heterocycles. The molecule has 7 heteroatoms. The summed E-state index contributed by atoms with van der Waals surface area (Å²) >= 11 is 0. The predicted molar refractivity (Wildman–Crippen MR) is 137 cm³/mol. The van der Waals surface area contributed by atoms with Gasteiger partial charge in [0, 0.05) is 22.4 Å². The van der Waals surface area contributed by atoms with Crippen LogP contribution in [0.4, 0.5) is 10.1 Å². The molecule has 2 rings (SSSR count). The Bertz CT molecular complexity index is 1020. The number of anilines is 1. The van der Waals surface area contributed by atoms with Crippen LogP contribution in [-0.4, -0.2) is 34.6 Å². The summed E-state index contributed by atoms with van der Waals surface area (Å²) in [6.45, 7) is 17.1. The first-order valence-electron chi connectivity index (χ1n) is 10.8. The number of esters is 1. The zero-order valence-electron chi connectivity index (χ0n) is 20.4. The number of carbonyl (C=O) groups is 2. The predicted octanol–water partition coefficient (Wildman–Crippen LogP) is 5.13. The van der Waals surface area contributed by atoms with Crippen molar-refractivity contribution >= 4 is 50.2 Å². The van der Waals surface area contributed by atoms with Crippen LogP contribution in [0.1, 0.15) is 29.8 Å². The minimum absolute atomic E-state index is 0.255. The number of ether oxygens (including phenoxy) is 1. The van der Waals surface area contributed by atoms with Gasteiger partial charge in [0.15, 0.2) is 0 Å². The zero-order chi connectivity index (χ0) is 24.3. The second-order valence-electron chi connectivity index (χ2n) is 10.0. The maximum atomic E-state index is 14.6. The molecular formula is C25H34FNO3Si2. The van der Waals surface area contributed by atoms with E-state index >= 15 is 0 Å². The molecule has 0 atom stereocenters. The second kappa shape index (κ2) is 9.96. The van der Waals surface area contributed by atoms with E-state index in [4.69, 9.17) is 4.74 Å². The fraction of sp³-hybridized carbons (Fsp3) is 0.360. The first-order valence-corrected chi connectivity index (χ1v) is 17.8. The Balaban J connectivity index is 2.32. The van der Waals surface area contributed by atoms with Gasteiger partial charge in [-0.1, -0.05) is 67.9 Å². The van der Waals surface area contributed by atoms with Crippen LogP contribution < -0.4 is 15.7 Å². The molecule has 0 aliphatic carbocycles. The third-order valence-corrected chi connectivity index (χ3v) is 9.20. The maximum absolute atomic E-state index is 14.6. The summed E-state index contributed by atoms with van der Waals surface area (Å²) in [4.78, 5) is 24.8. The van der Waals surface area contributed by atoms with E-state index < -0.39 is 27.9 Å². The van der Waals surface area contributed by atoms with E-state index in [2.05, 4.69) is 50.7 Å². The summed E-state index contributed by atoms with van der Waals surface area (Å²) in [5.41, 5.74) is 1.54. The molecule has 0 saturated carbocycles. The molecule has 0 radical (unpaired) electrons. The van der Waals surface area contributed by atoms with Crippen LogP contribution in [0.15, 0.2) is 42.0 Å². The lowest BCUT2D eigenvalue weighted by Crippen LogP contribution is -2.46. The van der Waals surface area contributed by atoms with Crippen LogP contribution in [0, 0.1) is 5.82 Å². The number of halogens is 1. The van der Waals surface area contributed by atoms with Crippen molar-refractivity contribution < 1.29 is 18.7 Å². The lowest BCUT2D eigenvalue weighted by molar-refractivity contribution is -0.138. The normalized spacial score (nSPS) is 12.5. The molecule has 0 heterocycles. The van der Waals surface area contributed by atoms with Gasteiger partial charge in [-0.3, -0.25) is 4.79 Å². The van der Waals surface area contributed by atoms with E-state index in [0.717, 1.165) is 0 Å². The van der Waals surface area contributed by atoms with Gasteiger partial charge in [0.05, 0.1) is 22.8 Å². The quantitative estimate of drug-likeness (QED) is 0.346. The fourth-order valence-electron chi connectivity index (χ4n) is 3.09. The Morgan fingerprint density at radius 2 is 1.53 bits per heavy atom. The monoisotopic (exact) mass is 471 g/mol. The Hall–Kier alpha value is -2.52. The number of rotatable bonds is 7. The van der Waals surface area contributed by atoms with Crippen LogP contribution in [0.5, 0.6) is 0 Å². The average molecular weight is 472 g/mol. The highest BCUT2D eigenvalue weighted by molar-refractivity contribution is 6.91. The van der Waals surface area contributed by atoms with Crippen LogP contribution in [-0.2, 0) is 9.53 Å². The van der Waals surface area contributed by atoms with Crippen LogP contribution >= 0.6 is 0 Å². The number of carbonyl (C=O) groups excluding carboxylic acids is 2. The minimum atomic E-state index is -1.62. The fourth-order valence-corrected chi connectivity index (χ4v) is 5.59. The third kappa shape index (κ3) is 6.74. The third-order valence-electron chi connectivity index (χ3n) is 5.15. The van der Waals surface area contributed by atoms with E-state index in [-0.39, 0.29) is 18.1 Å². The summed E-state index contributed by atoms with van der Waals surface area (Å²) in [7, 11) is -3.24. The first kappa shape index (κ1) is 25.7. The highest BCUT2D eigenvalue weighted by Gasteiger charge is 2.24. The Labute approximate surface area is 192 Å². The molecule has 4 nitrogen and oxygen atoms in total. The Kier molecular flexibility index (Phi) is 8.01. The number of hydrogen-bond acceptors (Lipinski definition) is 3. The van der Waals surface area contributed by atoms with Crippen molar-refractivity contribution in [3.05, 3.63) is 58.9 Å². The molecule has 32 heavy (non-hydrogen) atoms. The van der Waals surface area contributed by atoms with Gasteiger partial charge in [0.1, 0.15) is 5.82 Å². The largest absolute Gasteiger partial charge is 0.463 e. The summed E-state index contributed by atoms with van der Waals surface area (Å²) in [6, 6.07) is 10.7. The van der Waals surface area contributed by atoms with Gasteiger partial charge in [0.2, 0.25) is 0 Å². The van der Waals surface area contributed by atoms with Crippen molar-refractivity contribution in [2.75, 3.05) is 11.9 Å². The molecule has 0 aromatic heterocycles. The Morgan fingerprint density at radius 3 is 2.00 bits per heavy atom. The van der Waals surface area contributed by atoms with Gasteiger partial charge in [-0.25, -0.2) is 9.18 Å². The second-order valence-corrected chi connectivity index (χ2v) is 20.2. The summed E-state index contributed by atoms with van der Waals surface area (Å²) in [6.07, 6.45) is 1.44. The Morgan fingerprint density at radius 1 is 0.969 bits per heavy atom. The molecule has 172 valence electrons. The molecule has 1 N–H and O–H groups in total. The topological polar surface area (TPSA) is 55.4 Å². The standard InChI is InChI=1S/C25H34FNO3Si2/c1-9-30-25(29)17(2)12-18-10-11-20(15-23(18)26)27-24(28)19-13-21(31(3,4)5)16-22(14-19)32(6,7)8/h10-16H,9H2,1-8H3,(H,27,28). The van der Waals surface area contributed by atoms with E-state index in [9.17, 15) is 14.0 Å². The number of nitrogens with one attached hydrogen (secondary N) is 1. The van der Waals surface area contributed by atoms with Crippen LogP contribution in [0.2, 0.25) is 39.3 Å². The van der Waals surface area contributed by atoms with Gasteiger partial charge in [0.25, 0.3) is 5.91 Å². The van der Waals surface area contributed by atoms with Crippen molar-refractivity contribution in [3.8, 4) is 0 Å². The van der Waals surface area contributed by atoms with Gasteiger partial charge >= 0.3 is 5.97 Å². The van der Waals surface area contributed by atoms with Crippen molar-refractivity contribution in [2.45, 2.75) is 53.1 Å². The van der Waals surface area contributed by atoms with Crippen molar-refractivity contribution in [2.24, 2.45) is 0 Å². The van der Waals surface area contributed by atoms with E-state index in [1.165, 1.54) is 22.5 Å². The molecule has 0 saturated heterocycles. The summed E-state index contributed by atoms with van der Waals surface area (Å²) < 4.78 is 19.5. The van der Waals surface area contributed by atoms with E-state index in [1.807, 2.05) is 12.1 Å². The van der Waals surface area contributed by atoms with Crippen LogP contribution in [0.25, 0.3) is 6.08 Å². The molecule has 2 aromatic rings. The molecule has 0 spiro atoms. The number of amides is 1. The van der Waals surface area contributed by atoms with Gasteiger partial charge in [-0.2, -0.15) is 0 Å². The van der Waals surface area contributed by atoms with E-state index in [0.29, 0.717) is 16.8 Å². The lowest BCUT2D eigenvalue weighted by Gasteiger charge is -2.24. The van der Waals surface area contributed by atoms with Crippen molar-refractivity contribution in [1.82, 2.24) is 0 Å². The molecule has 0 fully saturated rings. The smallest absolute Gasteiger partial charge is 0.333 e. The maximum Gasteiger partial charge on any atom is 0.333 e. The molecule has 0 bridgehead atoms. The molecule has 1 amide bonds. The summed E-state index contributed by atoms with van der Waals surface area (Å²) in [5.74, 6) is -1.26. The SMILES string of the molecule is CCOC(=O)C(C)=Cc1ccc(NC(=O)c2cc([Si](C)(C)C)cc([Si](C)(C)C)c2)cc1F. The minimum Gasteiger partial charge on any atom is -0.463 e. The van der Waals surface area contributed by atoms with Crippen molar-refractivity contribution in [1.29, 1.82) is 0 Å². The summed E-state index contributed by atoms with van der Waals surface area (Å²) in [5, 5.41) is 5.30. The van der Waals surface area contributed by atoms with Crippen molar-refractivity contribution in [3.63, 3.8) is 0 Å². The average Bonchev–Trinajstić information content (AvgIpc) is 2.68. The number of hydrogen-bond donors (Lipinski definition) is 1. The van der Waals surface area contributed by atoms with Gasteiger partial charge in [-0.15, -0.1) is 0 Å². The number of benzene rings is 2.